The normalized spacial score (nSPS) is 30.6. The Morgan fingerprint density at radius 2 is 2.23 bits per heavy atom. The molecule has 22 heavy (non-hydrogen) atoms. The van der Waals surface area contributed by atoms with Gasteiger partial charge in [-0.05, 0) is 25.2 Å². The number of ether oxygens (including phenoxy) is 1. The standard InChI is InChI=1S/C12H16N5O4P/c13-10-9-11(15-4-14-10)17(5-16-9)12-2-7(12)1-8(3-12)21-6-22(18,19)20/h4-5,7-8H,1-3,6H2,(H2,13,14,15)(H2,18,19,20)/t7-,8+,12+/m1/s1. The van der Waals surface area contributed by atoms with E-state index in [1.807, 2.05) is 4.57 Å². The minimum atomic E-state index is -4.13. The van der Waals surface area contributed by atoms with Crippen LogP contribution >= 0.6 is 7.60 Å². The molecule has 2 aromatic rings. The Morgan fingerprint density at radius 1 is 1.41 bits per heavy atom. The first-order valence-corrected chi connectivity index (χ1v) is 8.79. The van der Waals surface area contributed by atoms with Crippen LogP contribution in [0.5, 0.6) is 0 Å². The fraction of sp³-hybridized carbons (Fsp3) is 0.583. The highest BCUT2D eigenvalue weighted by atomic mass is 31.2. The van der Waals surface area contributed by atoms with Gasteiger partial charge in [0.15, 0.2) is 11.5 Å². The number of nitrogens with two attached hydrogens (primary N) is 1. The molecule has 0 spiro atoms. The summed E-state index contributed by atoms with van der Waals surface area (Å²) < 4.78 is 18.3. The summed E-state index contributed by atoms with van der Waals surface area (Å²) in [6.07, 6.45) is 4.95. The van der Waals surface area contributed by atoms with Crippen LogP contribution in [0.2, 0.25) is 0 Å². The Hall–Kier alpha value is -1.54. The van der Waals surface area contributed by atoms with Crippen molar-refractivity contribution < 1.29 is 19.1 Å². The summed E-state index contributed by atoms with van der Waals surface area (Å²) in [4.78, 5) is 30.3. The second-order valence-electron chi connectivity index (χ2n) is 6.07. The SMILES string of the molecule is Nc1ncnc2c1ncn2[C@@]12C[C@@H](OCP(=O)(O)O)C[C@@H]1C2. The number of aromatic nitrogens is 4. The third-order valence-electron chi connectivity index (χ3n) is 4.65. The molecule has 0 unspecified atom stereocenters. The molecule has 0 radical (unpaired) electrons. The highest BCUT2D eigenvalue weighted by molar-refractivity contribution is 7.51. The topological polar surface area (TPSA) is 136 Å². The quantitative estimate of drug-likeness (QED) is 0.689. The van der Waals surface area contributed by atoms with Crippen molar-refractivity contribution in [1.82, 2.24) is 19.5 Å². The summed E-state index contributed by atoms with van der Waals surface area (Å²) >= 11 is 0. The predicted molar refractivity (Wildman–Crippen MR) is 76.8 cm³/mol. The summed E-state index contributed by atoms with van der Waals surface area (Å²) in [5, 5.41) is 0. The molecule has 0 aromatic carbocycles. The molecule has 9 nitrogen and oxygen atoms in total. The second kappa shape index (κ2) is 4.48. The minimum absolute atomic E-state index is 0.116. The van der Waals surface area contributed by atoms with Gasteiger partial charge in [-0.3, -0.25) is 4.57 Å². The first-order valence-electron chi connectivity index (χ1n) is 6.99. The Bertz CT molecular complexity index is 789. The van der Waals surface area contributed by atoms with Crippen LogP contribution in [0.1, 0.15) is 19.3 Å². The predicted octanol–water partition coefficient (Wildman–Crippen LogP) is 0.438. The Labute approximate surface area is 125 Å². The van der Waals surface area contributed by atoms with Crippen LogP contribution in [0.3, 0.4) is 0 Å². The molecule has 2 fully saturated rings. The number of anilines is 1. The average Bonchev–Trinajstić information content (AvgIpc) is 2.85. The number of nitrogens with zero attached hydrogens (tertiary/aromatic N) is 4. The molecular weight excluding hydrogens is 309 g/mol. The van der Waals surface area contributed by atoms with Crippen molar-refractivity contribution in [1.29, 1.82) is 0 Å². The molecule has 2 aliphatic rings. The lowest BCUT2D eigenvalue weighted by molar-refractivity contribution is 0.0667. The molecule has 0 amide bonds. The zero-order chi connectivity index (χ0) is 15.5. The first-order chi connectivity index (χ1) is 10.4. The summed E-state index contributed by atoms with van der Waals surface area (Å²) in [6.45, 7) is 0. The second-order valence-corrected chi connectivity index (χ2v) is 7.66. The van der Waals surface area contributed by atoms with E-state index in [1.165, 1.54) is 6.33 Å². The fourth-order valence-electron chi connectivity index (χ4n) is 3.62. The molecule has 4 rings (SSSR count). The molecule has 2 aliphatic carbocycles. The van der Waals surface area contributed by atoms with Crippen LogP contribution in [0.4, 0.5) is 5.82 Å². The van der Waals surface area contributed by atoms with Crippen LogP contribution in [0, 0.1) is 5.92 Å². The smallest absolute Gasteiger partial charge is 0.350 e. The third-order valence-corrected chi connectivity index (χ3v) is 5.13. The van der Waals surface area contributed by atoms with E-state index in [0.717, 1.165) is 12.8 Å². The molecule has 10 heteroatoms. The molecule has 2 saturated carbocycles. The molecule has 2 aromatic heterocycles. The molecule has 0 bridgehead atoms. The maximum Gasteiger partial charge on any atom is 0.350 e. The van der Waals surface area contributed by atoms with Crippen molar-refractivity contribution in [3.8, 4) is 0 Å². The third kappa shape index (κ3) is 2.13. The van der Waals surface area contributed by atoms with Gasteiger partial charge in [-0.1, -0.05) is 0 Å². The van der Waals surface area contributed by atoms with Crippen molar-refractivity contribution in [3.63, 3.8) is 0 Å². The number of fused-ring (bicyclic) bond motifs is 2. The molecule has 2 heterocycles. The van der Waals surface area contributed by atoms with Crippen LogP contribution in [0.15, 0.2) is 12.7 Å². The lowest BCUT2D eigenvalue weighted by Gasteiger charge is -2.19. The van der Waals surface area contributed by atoms with Crippen molar-refractivity contribution in [2.75, 3.05) is 12.1 Å². The largest absolute Gasteiger partial charge is 0.382 e. The minimum Gasteiger partial charge on any atom is -0.382 e. The maximum absolute atomic E-state index is 10.9. The van der Waals surface area contributed by atoms with Gasteiger partial charge < -0.3 is 24.8 Å². The zero-order valence-corrected chi connectivity index (χ0v) is 12.6. The van der Waals surface area contributed by atoms with E-state index in [1.54, 1.807) is 6.33 Å². The van der Waals surface area contributed by atoms with Gasteiger partial charge in [0.2, 0.25) is 0 Å². The maximum atomic E-state index is 10.9. The van der Waals surface area contributed by atoms with Gasteiger partial charge in [0.25, 0.3) is 0 Å². The fourth-order valence-corrected chi connectivity index (χ4v) is 4.02. The molecule has 0 aliphatic heterocycles. The molecule has 0 saturated heterocycles. The van der Waals surface area contributed by atoms with Crippen LogP contribution in [-0.4, -0.2) is 41.8 Å². The first kappa shape index (κ1) is 14.1. The van der Waals surface area contributed by atoms with Gasteiger partial charge in [0.05, 0.1) is 18.0 Å². The highest BCUT2D eigenvalue weighted by Crippen LogP contribution is 2.62. The highest BCUT2D eigenvalue weighted by Gasteiger charge is 2.62. The lowest BCUT2D eigenvalue weighted by Crippen LogP contribution is -2.21. The van der Waals surface area contributed by atoms with E-state index in [4.69, 9.17) is 20.3 Å². The number of rotatable bonds is 4. The van der Waals surface area contributed by atoms with Crippen molar-refractivity contribution in [2.24, 2.45) is 5.92 Å². The van der Waals surface area contributed by atoms with E-state index < -0.39 is 13.9 Å². The molecular formula is C12H16N5O4P. The van der Waals surface area contributed by atoms with Crippen LogP contribution < -0.4 is 5.73 Å². The van der Waals surface area contributed by atoms with Crippen LogP contribution in [-0.2, 0) is 14.8 Å². The van der Waals surface area contributed by atoms with Gasteiger partial charge in [0, 0.05) is 0 Å². The van der Waals surface area contributed by atoms with Crippen molar-refractivity contribution in [3.05, 3.63) is 12.7 Å². The van der Waals surface area contributed by atoms with Gasteiger partial charge in [0.1, 0.15) is 18.2 Å². The summed E-state index contributed by atoms with van der Waals surface area (Å²) in [5.41, 5.74) is 6.98. The number of hydrogen-bond donors (Lipinski definition) is 3. The zero-order valence-electron chi connectivity index (χ0n) is 11.7. The van der Waals surface area contributed by atoms with E-state index in [9.17, 15) is 4.57 Å². The van der Waals surface area contributed by atoms with Gasteiger partial charge >= 0.3 is 7.60 Å². The summed E-state index contributed by atoms with van der Waals surface area (Å²) in [5.74, 6) is 0.771. The molecule has 3 atom stereocenters. The van der Waals surface area contributed by atoms with Gasteiger partial charge in [-0.2, -0.15) is 0 Å². The number of nitrogen functional groups attached to an aromatic ring is 1. The van der Waals surface area contributed by atoms with Crippen molar-refractivity contribution >= 4 is 24.6 Å². The molecule has 118 valence electrons. The number of hydrogen-bond acceptors (Lipinski definition) is 6. The Balaban J connectivity index is 1.59. The van der Waals surface area contributed by atoms with E-state index in [-0.39, 0.29) is 11.6 Å². The molecule has 4 N–H and O–H groups in total. The Kier molecular flexibility index (Phi) is 2.87. The number of imidazole rings is 1. The monoisotopic (exact) mass is 325 g/mol. The van der Waals surface area contributed by atoms with E-state index >= 15 is 0 Å². The average molecular weight is 325 g/mol. The summed E-state index contributed by atoms with van der Waals surface area (Å²) in [6, 6.07) is 0. The van der Waals surface area contributed by atoms with Gasteiger partial charge in [-0.25, -0.2) is 15.0 Å². The van der Waals surface area contributed by atoms with E-state index in [2.05, 4.69) is 15.0 Å². The lowest BCUT2D eigenvalue weighted by atomic mass is 10.1. The van der Waals surface area contributed by atoms with Crippen LogP contribution in [0.25, 0.3) is 11.2 Å². The summed E-state index contributed by atoms with van der Waals surface area (Å²) in [7, 11) is -4.13. The van der Waals surface area contributed by atoms with Gasteiger partial charge in [-0.15, -0.1) is 0 Å². The van der Waals surface area contributed by atoms with Crippen molar-refractivity contribution in [2.45, 2.75) is 30.9 Å². The Morgan fingerprint density at radius 3 is 3.00 bits per heavy atom. The van der Waals surface area contributed by atoms with E-state index in [0.29, 0.717) is 29.3 Å².